The van der Waals surface area contributed by atoms with Gasteiger partial charge in [0.1, 0.15) is 12.8 Å². The van der Waals surface area contributed by atoms with Gasteiger partial charge in [-0.2, -0.15) is 0 Å². The van der Waals surface area contributed by atoms with Crippen LogP contribution in [0.5, 0.6) is 0 Å². The van der Waals surface area contributed by atoms with Gasteiger partial charge in [-0.3, -0.25) is 14.4 Å². The van der Waals surface area contributed by atoms with Crippen molar-refractivity contribution in [1.29, 1.82) is 0 Å². The molecule has 0 bridgehead atoms. The number of aliphatic carboxylic acids is 2. The summed E-state index contributed by atoms with van der Waals surface area (Å²) in [7, 11) is 0. The molecule has 0 saturated carbocycles. The Morgan fingerprint density at radius 2 is 1.18 bits per heavy atom. The maximum absolute atomic E-state index is 10.3. The molecule has 11 heavy (non-hydrogen) atoms. The van der Waals surface area contributed by atoms with E-state index in [1.807, 2.05) is 0 Å². The van der Waals surface area contributed by atoms with Crippen LogP contribution in [0.4, 0.5) is 0 Å². The van der Waals surface area contributed by atoms with Crippen molar-refractivity contribution in [1.82, 2.24) is 0 Å². The minimum atomic E-state index is -1.30. The predicted octanol–water partition coefficient (Wildman–Crippen LogP) is -1.14. The summed E-state index contributed by atoms with van der Waals surface area (Å²) in [6.07, 6.45) is -1.43. The van der Waals surface area contributed by atoms with Crippen LogP contribution in [0.15, 0.2) is 0 Å². The van der Waals surface area contributed by atoms with Crippen LogP contribution in [0, 0.1) is 0 Å². The SMILES string of the molecule is O=C(O)CC(=O)CC(=O)O.[NaH]. The van der Waals surface area contributed by atoms with Crippen molar-refractivity contribution in [2.24, 2.45) is 0 Å². The summed E-state index contributed by atoms with van der Waals surface area (Å²) in [4.78, 5) is 29.9. The second-order valence-electron chi connectivity index (χ2n) is 1.68. The number of hydrogen-bond acceptors (Lipinski definition) is 3. The number of ketones is 1. The molecule has 5 nitrogen and oxygen atoms in total. The molecule has 0 spiro atoms. The fourth-order valence-corrected chi connectivity index (χ4v) is 0.400. The summed E-state index contributed by atoms with van der Waals surface area (Å²) in [6.45, 7) is 0. The molecule has 0 rings (SSSR count). The summed E-state index contributed by atoms with van der Waals surface area (Å²) >= 11 is 0. The van der Waals surface area contributed by atoms with Crippen LogP contribution in [0.1, 0.15) is 12.8 Å². The van der Waals surface area contributed by atoms with Gasteiger partial charge in [-0.05, 0) is 0 Å². The molecule has 0 atom stereocenters. The maximum atomic E-state index is 10.3. The Labute approximate surface area is 84.7 Å². The molecular formula is C5H7NaO5. The molecule has 0 unspecified atom stereocenters. The van der Waals surface area contributed by atoms with Gasteiger partial charge in [-0.15, -0.1) is 0 Å². The Morgan fingerprint density at radius 1 is 0.909 bits per heavy atom. The second-order valence-corrected chi connectivity index (χ2v) is 1.68. The summed E-state index contributed by atoms with van der Waals surface area (Å²) in [5, 5.41) is 16.0. The molecule has 0 aliphatic carbocycles. The zero-order chi connectivity index (χ0) is 8.15. The van der Waals surface area contributed by atoms with Crippen molar-refractivity contribution in [2.45, 2.75) is 12.8 Å². The van der Waals surface area contributed by atoms with Gasteiger partial charge in [0.2, 0.25) is 0 Å². The molecule has 0 aromatic heterocycles. The predicted molar refractivity (Wildman–Crippen MR) is 36.7 cm³/mol. The van der Waals surface area contributed by atoms with E-state index in [4.69, 9.17) is 10.2 Å². The molecule has 6 heteroatoms. The van der Waals surface area contributed by atoms with Gasteiger partial charge in [0.25, 0.3) is 0 Å². The molecule has 0 radical (unpaired) electrons. The Morgan fingerprint density at radius 3 is 1.36 bits per heavy atom. The number of carboxylic acid groups (broad SMARTS) is 2. The molecule has 0 aromatic rings. The summed E-state index contributed by atoms with van der Waals surface area (Å²) in [5.41, 5.74) is 0. The van der Waals surface area contributed by atoms with Gasteiger partial charge < -0.3 is 10.2 Å². The van der Waals surface area contributed by atoms with E-state index in [1.165, 1.54) is 0 Å². The fraction of sp³-hybridized carbons (Fsp3) is 0.400. The first-order valence-corrected chi connectivity index (χ1v) is 2.47. The van der Waals surface area contributed by atoms with Crippen molar-refractivity contribution < 1.29 is 24.6 Å². The molecule has 0 aliphatic rings. The molecule has 0 amide bonds. The van der Waals surface area contributed by atoms with Crippen molar-refractivity contribution in [2.75, 3.05) is 0 Å². The van der Waals surface area contributed by atoms with E-state index in [9.17, 15) is 14.4 Å². The molecule has 0 saturated heterocycles. The third kappa shape index (κ3) is 9.61. The zero-order valence-corrected chi connectivity index (χ0v) is 5.03. The average Bonchev–Trinajstić information content (AvgIpc) is 1.58. The molecule has 0 heterocycles. The Bertz CT molecular complexity index is 158. The van der Waals surface area contributed by atoms with Crippen LogP contribution in [0.25, 0.3) is 0 Å². The van der Waals surface area contributed by atoms with E-state index in [-0.39, 0.29) is 29.6 Å². The van der Waals surface area contributed by atoms with E-state index in [0.717, 1.165) is 0 Å². The van der Waals surface area contributed by atoms with Gasteiger partial charge in [-0.1, -0.05) is 0 Å². The van der Waals surface area contributed by atoms with Crippen molar-refractivity contribution in [3.05, 3.63) is 0 Å². The monoisotopic (exact) mass is 170 g/mol. The van der Waals surface area contributed by atoms with Crippen LogP contribution < -0.4 is 0 Å². The third-order valence-electron chi connectivity index (χ3n) is 0.697. The van der Waals surface area contributed by atoms with Crippen molar-refractivity contribution in [3.8, 4) is 0 Å². The fourth-order valence-electron chi connectivity index (χ4n) is 0.400. The van der Waals surface area contributed by atoms with E-state index in [0.29, 0.717) is 0 Å². The first-order valence-electron chi connectivity index (χ1n) is 2.47. The first-order chi connectivity index (χ1) is 4.52. The standard InChI is InChI=1S/C5H6O5.Na.H/c6-3(1-4(7)8)2-5(9)10;;/h1-2H2,(H,7,8)(H,9,10);;. The average molecular weight is 170 g/mol. The number of carbonyl (C=O) groups is 3. The van der Waals surface area contributed by atoms with E-state index >= 15 is 0 Å². The summed E-state index contributed by atoms with van der Waals surface area (Å²) in [5.74, 6) is -3.39. The topological polar surface area (TPSA) is 91.7 Å². The number of rotatable bonds is 4. The van der Waals surface area contributed by atoms with Crippen LogP contribution in [0.3, 0.4) is 0 Å². The van der Waals surface area contributed by atoms with Crippen LogP contribution in [-0.4, -0.2) is 57.5 Å². The third-order valence-corrected chi connectivity index (χ3v) is 0.697. The quantitative estimate of drug-likeness (QED) is 0.411. The molecule has 2 N–H and O–H groups in total. The number of hydrogen-bond donors (Lipinski definition) is 2. The second kappa shape index (κ2) is 6.33. The number of carboxylic acids is 2. The minimum absolute atomic E-state index is 0. The van der Waals surface area contributed by atoms with Crippen molar-refractivity contribution >= 4 is 47.3 Å². The van der Waals surface area contributed by atoms with E-state index < -0.39 is 30.6 Å². The molecule has 0 aliphatic heterocycles. The van der Waals surface area contributed by atoms with Crippen LogP contribution >= 0.6 is 0 Å². The van der Waals surface area contributed by atoms with Gasteiger partial charge in [0.05, 0.1) is 0 Å². The van der Waals surface area contributed by atoms with Crippen molar-refractivity contribution in [3.63, 3.8) is 0 Å². The van der Waals surface area contributed by atoms with Gasteiger partial charge in [-0.25, -0.2) is 0 Å². The van der Waals surface area contributed by atoms with Gasteiger partial charge in [0, 0.05) is 0 Å². The van der Waals surface area contributed by atoms with E-state index in [1.54, 1.807) is 0 Å². The number of carbonyl (C=O) groups excluding carboxylic acids is 1. The van der Waals surface area contributed by atoms with Gasteiger partial charge >= 0.3 is 41.5 Å². The van der Waals surface area contributed by atoms with E-state index in [2.05, 4.69) is 0 Å². The summed E-state index contributed by atoms with van der Waals surface area (Å²) in [6, 6.07) is 0. The molecular weight excluding hydrogens is 163 g/mol. The Balaban J connectivity index is 0. The molecule has 58 valence electrons. The van der Waals surface area contributed by atoms with Crippen LogP contribution in [0.2, 0.25) is 0 Å². The Kier molecular flexibility index (Phi) is 7.60. The molecule has 0 aromatic carbocycles. The Hall–Kier alpha value is -0.390. The van der Waals surface area contributed by atoms with Crippen LogP contribution in [-0.2, 0) is 14.4 Å². The zero-order valence-electron chi connectivity index (χ0n) is 5.03. The first kappa shape index (κ1) is 13.2. The molecule has 0 fully saturated rings. The van der Waals surface area contributed by atoms with Gasteiger partial charge in [0.15, 0.2) is 5.78 Å². The summed E-state index contributed by atoms with van der Waals surface area (Å²) < 4.78 is 0. The number of Topliss-reactive ketones (excluding diaryl/α,β-unsaturated/α-hetero) is 1. The normalized spacial score (nSPS) is 8.00.